The van der Waals surface area contributed by atoms with E-state index >= 15 is 0 Å². The maximum absolute atomic E-state index is 14.3. The van der Waals surface area contributed by atoms with Crippen molar-refractivity contribution in [3.05, 3.63) is 125 Å². The van der Waals surface area contributed by atoms with Crippen LogP contribution in [0.2, 0.25) is 0 Å². The first-order valence-corrected chi connectivity index (χ1v) is 12.4. The second-order valence-electron chi connectivity index (χ2n) is 8.69. The highest BCUT2D eigenvalue weighted by molar-refractivity contribution is 6.14. The quantitative estimate of drug-likeness (QED) is 0.154. The van der Waals surface area contributed by atoms with Crippen LogP contribution in [-0.4, -0.2) is 27.9 Å². The molecule has 0 bridgehead atoms. The molecule has 196 valence electrons. The third-order valence-electron chi connectivity index (χ3n) is 6.17. The van der Waals surface area contributed by atoms with Crippen LogP contribution in [-0.2, 0) is 4.74 Å². The first-order chi connectivity index (χ1) is 19.0. The lowest BCUT2D eigenvalue weighted by Crippen LogP contribution is -2.04. The summed E-state index contributed by atoms with van der Waals surface area (Å²) in [6, 6.07) is 24.9. The Labute approximate surface area is 224 Å². The van der Waals surface area contributed by atoms with Gasteiger partial charge in [-0.15, -0.1) is 0 Å². The molecule has 0 spiro atoms. The molecule has 0 aliphatic rings. The van der Waals surface area contributed by atoms with E-state index in [1.54, 1.807) is 32.2 Å². The Balaban J connectivity index is 1.55. The first-order valence-electron chi connectivity index (χ1n) is 12.4. The second kappa shape index (κ2) is 11.3. The van der Waals surface area contributed by atoms with E-state index in [-0.39, 0.29) is 23.6 Å². The molecular formula is C31H25F2N3O3. The molecule has 0 radical (unpaired) electrons. The van der Waals surface area contributed by atoms with Gasteiger partial charge < -0.3 is 9.47 Å². The van der Waals surface area contributed by atoms with Gasteiger partial charge in [-0.05, 0) is 37.6 Å². The minimum atomic E-state index is -2.79. The van der Waals surface area contributed by atoms with E-state index in [4.69, 9.17) is 9.47 Å². The van der Waals surface area contributed by atoms with Gasteiger partial charge in [-0.3, -0.25) is 0 Å². The molecule has 0 saturated heterocycles. The highest BCUT2D eigenvalue weighted by atomic mass is 19.3. The predicted octanol–water partition coefficient (Wildman–Crippen LogP) is 7.72. The predicted molar refractivity (Wildman–Crippen MR) is 146 cm³/mol. The highest BCUT2D eigenvalue weighted by Crippen LogP contribution is 2.37. The van der Waals surface area contributed by atoms with Crippen molar-refractivity contribution in [3.63, 3.8) is 0 Å². The van der Waals surface area contributed by atoms with Crippen LogP contribution in [0.5, 0.6) is 11.5 Å². The standard InChI is InChI=1S/C31H25F2N3O3/c1-3-38-31(37)25-19-36-29(20(25)2)27(16-17-34-36)39-23-14-15-26(24(18-23)30(32)33)35-28(21-10-6-4-7-11-21)22-12-8-5-9-13-22/h4-19,30H,3H2,1-2H3. The Morgan fingerprint density at radius 1 is 0.974 bits per heavy atom. The van der Waals surface area contributed by atoms with Crippen LogP contribution in [0, 0.1) is 6.92 Å². The molecule has 6 nitrogen and oxygen atoms in total. The lowest BCUT2D eigenvalue weighted by atomic mass is 10.0. The number of alkyl halides is 2. The summed E-state index contributed by atoms with van der Waals surface area (Å²) < 4.78 is 41.3. The Hall–Kier alpha value is -4.85. The number of benzene rings is 3. The number of hydrogen-bond acceptors (Lipinski definition) is 5. The van der Waals surface area contributed by atoms with Crippen molar-refractivity contribution in [2.45, 2.75) is 20.3 Å². The van der Waals surface area contributed by atoms with Gasteiger partial charge >= 0.3 is 5.97 Å². The van der Waals surface area contributed by atoms with Gasteiger partial charge in [0, 0.05) is 29.0 Å². The van der Waals surface area contributed by atoms with E-state index < -0.39 is 12.4 Å². The Morgan fingerprint density at radius 3 is 2.26 bits per heavy atom. The van der Waals surface area contributed by atoms with Crippen molar-refractivity contribution in [3.8, 4) is 11.5 Å². The van der Waals surface area contributed by atoms with Crippen molar-refractivity contribution < 1.29 is 23.0 Å². The molecule has 39 heavy (non-hydrogen) atoms. The molecule has 0 atom stereocenters. The van der Waals surface area contributed by atoms with Gasteiger partial charge in [-0.1, -0.05) is 60.7 Å². The largest absolute Gasteiger partial charge is 0.462 e. The molecule has 0 saturated carbocycles. The number of nitrogens with zero attached hydrogens (tertiary/aromatic N) is 3. The molecule has 5 rings (SSSR count). The molecule has 0 aliphatic heterocycles. The lowest BCUT2D eigenvalue weighted by molar-refractivity contribution is 0.0525. The van der Waals surface area contributed by atoms with E-state index in [1.807, 2.05) is 60.7 Å². The molecule has 2 aromatic heterocycles. The van der Waals surface area contributed by atoms with Gasteiger partial charge in [-0.25, -0.2) is 23.1 Å². The monoisotopic (exact) mass is 525 g/mol. The van der Waals surface area contributed by atoms with Crippen molar-refractivity contribution in [2.24, 2.45) is 4.99 Å². The van der Waals surface area contributed by atoms with Crippen molar-refractivity contribution >= 4 is 22.9 Å². The fourth-order valence-electron chi connectivity index (χ4n) is 4.33. The van der Waals surface area contributed by atoms with Crippen molar-refractivity contribution in [2.75, 3.05) is 6.61 Å². The number of hydrogen-bond donors (Lipinski definition) is 0. The van der Waals surface area contributed by atoms with Gasteiger partial charge in [0.1, 0.15) is 11.3 Å². The fourth-order valence-corrected chi connectivity index (χ4v) is 4.33. The Bertz CT molecular complexity index is 1610. The zero-order valence-corrected chi connectivity index (χ0v) is 21.3. The van der Waals surface area contributed by atoms with Gasteiger partial charge in [-0.2, -0.15) is 5.10 Å². The number of rotatable bonds is 8. The fraction of sp³-hybridized carbons (Fsp3) is 0.129. The Kier molecular flexibility index (Phi) is 7.45. The maximum Gasteiger partial charge on any atom is 0.340 e. The second-order valence-corrected chi connectivity index (χ2v) is 8.69. The van der Waals surface area contributed by atoms with Gasteiger partial charge in [0.05, 0.1) is 29.8 Å². The van der Waals surface area contributed by atoms with E-state index in [1.165, 1.54) is 22.8 Å². The summed E-state index contributed by atoms with van der Waals surface area (Å²) in [6.07, 6.45) is 0.283. The zero-order valence-electron chi connectivity index (χ0n) is 21.3. The Morgan fingerprint density at radius 2 is 1.64 bits per heavy atom. The number of esters is 1. The van der Waals surface area contributed by atoms with Crippen LogP contribution in [0.3, 0.4) is 0 Å². The van der Waals surface area contributed by atoms with Crippen molar-refractivity contribution in [1.29, 1.82) is 0 Å². The summed E-state index contributed by atoms with van der Waals surface area (Å²) in [7, 11) is 0. The number of aryl methyl sites for hydroxylation is 1. The summed E-state index contributed by atoms with van der Waals surface area (Å²) in [4.78, 5) is 17.0. The topological polar surface area (TPSA) is 65.2 Å². The average Bonchev–Trinajstić information content (AvgIpc) is 3.30. The summed E-state index contributed by atoms with van der Waals surface area (Å²) in [6.45, 7) is 3.72. The van der Waals surface area contributed by atoms with E-state index in [0.717, 1.165) is 11.1 Å². The molecule has 3 aromatic carbocycles. The minimum Gasteiger partial charge on any atom is -0.462 e. The number of fused-ring (bicyclic) bond motifs is 1. The van der Waals surface area contributed by atoms with Crippen LogP contribution < -0.4 is 4.74 Å². The minimum absolute atomic E-state index is 0.142. The van der Waals surface area contributed by atoms with Crippen LogP contribution in [0.15, 0.2) is 102 Å². The zero-order chi connectivity index (χ0) is 27.4. The first kappa shape index (κ1) is 25.8. The molecule has 0 N–H and O–H groups in total. The molecule has 8 heteroatoms. The molecule has 0 aliphatic carbocycles. The van der Waals surface area contributed by atoms with Crippen LogP contribution in [0.25, 0.3) is 5.52 Å². The number of carbonyl (C=O) groups excluding carboxylic acids is 1. The lowest BCUT2D eigenvalue weighted by Gasteiger charge is -2.13. The average molecular weight is 526 g/mol. The number of carbonyl (C=O) groups is 1. The summed E-state index contributed by atoms with van der Waals surface area (Å²) >= 11 is 0. The summed E-state index contributed by atoms with van der Waals surface area (Å²) in [5.74, 6) is 0.0988. The normalized spacial score (nSPS) is 11.0. The smallest absolute Gasteiger partial charge is 0.340 e. The number of aliphatic imine (C=N–C) groups is 1. The van der Waals surface area contributed by atoms with E-state index in [2.05, 4.69) is 10.1 Å². The number of aromatic nitrogens is 2. The molecule has 0 fully saturated rings. The number of halogens is 2. The van der Waals surface area contributed by atoms with Crippen molar-refractivity contribution in [1.82, 2.24) is 9.61 Å². The molecule has 0 unspecified atom stereocenters. The molecule has 2 heterocycles. The molecule has 0 amide bonds. The van der Waals surface area contributed by atoms with Gasteiger partial charge in [0.2, 0.25) is 0 Å². The van der Waals surface area contributed by atoms with Gasteiger partial charge in [0.25, 0.3) is 6.43 Å². The number of ether oxygens (including phenoxy) is 2. The summed E-state index contributed by atoms with van der Waals surface area (Å²) in [5.41, 5.74) is 3.59. The van der Waals surface area contributed by atoms with E-state index in [0.29, 0.717) is 28.1 Å². The van der Waals surface area contributed by atoms with Crippen LogP contribution in [0.4, 0.5) is 14.5 Å². The molecule has 5 aromatic rings. The molecular weight excluding hydrogens is 500 g/mol. The van der Waals surface area contributed by atoms with Gasteiger partial charge in [0.15, 0.2) is 5.75 Å². The maximum atomic E-state index is 14.3. The third-order valence-corrected chi connectivity index (χ3v) is 6.17. The highest BCUT2D eigenvalue weighted by Gasteiger charge is 2.20. The van der Waals surface area contributed by atoms with Crippen LogP contribution in [0.1, 0.15) is 46.0 Å². The third kappa shape index (κ3) is 5.40. The van der Waals surface area contributed by atoms with Crippen LogP contribution >= 0.6 is 0 Å². The summed E-state index contributed by atoms with van der Waals surface area (Å²) in [5, 5.41) is 4.25. The van der Waals surface area contributed by atoms with E-state index in [9.17, 15) is 13.6 Å². The SMILES string of the molecule is CCOC(=O)c1cn2nccc(Oc3ccc(N=C(c4ccccc4)c4ccccc4)c(C(F)F)c3)c2c1C.